The zero-order valence-corrected chi connectivity index (χ0v) is 31.3. The molecule has 0 saturated carbocycles. The van der Waals surface area contributed by atoms with Gasteiger partial charge in [0.25, 0.3) is 0 Å². The van der Waals surface area contributed by atoms with Crippen LogP contribution in [0, 0.1) is 0 Å². The topological polar surface area (TPSA) is 165 Å². The zero-order chi connectivity index (χ0) is 35.1. The second-order valence-corrected chi connectivity index (χ2v) is 17.5. The molecule has 0 saturated heterocycles. The predicted octanol–water partition coefficient (Wildman–Crippen LogP) is 6.68. The van der Waals surface area contributed by atoms with Gasteiger partial charge < -0.3 is 28.4 Å². The Balaban J connectivity index is 3.76. The van der Waals surface area contributed by atoms with Gasteiger partial charge in [-0.25, -0.2) is 0 Å². The number of nitrogens with zero attached hydrogens (tertiary/aromatic N) is 3. The Morgan fingerprint density at radius 2 is 0.500 bits per heavy atom. The first-order valence-corrected chi connectivity index (χ1v) is 21.3. The summed E-state index contributed by atoms with van der Waals surface area (Å²) in [5.74, 6) is 0. The molecule has 0 fully saturated rings. The molecule has 0 aromatic rings. The largest absolute Gasteiger partial charge is 0.502 e. The van der Waals surface area contributed by atoms with E-state index in [-0.39, 0.29) is 0 Å². The van der Waals surface area contributed by atoms with Gasteiger partial charge in [0.1, 0.15) is 0 Å². The Hall–Kier alpha value is -2.31. The molecule has 0 bridgehead atoms. The van der Waals surface area contributed by atoms with E-state index in [1.807, 2.05) is 0 Å². The summed E-state index contributed by atoms with van der Waals surface area (Å²) in [6.07, 6.45) is 13.1. The van der Waals surface area contributed by atoms with E-state index in [1.54, 1.807) is 0 Å². The van der Waals surface area contributed by atoms with Crippen molar-refractivity contribution in [1.82, 2.24) is 30.5 Å². The molecule has 1 heterocycles. The lowest BCUT2D eigenvalue weighted by atomic mass is 10.5. The summed E-state index contributed by atoms with van der Waals surface area (Å²) in [5, 5.41) is 22.3. The van der Waals surface area contributed by atoms with E-state index in [4.69, 9.17) is 42.0 Å². The Morgan fingerprint density at radius 3 is 0.646 bits per heavy atom. The highest BCUT2D eigenvalue weighted by atomic mass is 31.3. The first kappa shape index (κ1) is 43.7. The fourth-order valence-corrected chi connectivity index (χ4v) is 16.1. The van der Waals surface area contributed by atoms with E-state index in [1.165, 1.54) is 37.6 Å². The number of hydrogen-bond donors (Lipinski definition) is 6. The maximum absolute atomic E-state index is 5.50. The molecule has 6 N–H and O–H groups in total. The van der Waals surface area contributed by atoms with E-state index in [0.29, 0.717) is 78.9 Å². The molecular formula is C30H60N9O6P3. The van der Waals surface area contributed by atoms with Gasteiger partial charge in [0, 0.05) is 39.3 Å². The van der Waals surface area contributed by atoms with Crippen LogP contribution in [0.25, 0.3) is 0 Å². The third-order valence-corrected chi connectivity index (χ3v) is 16.3. The van der Waals surface area contributed by atoms with E-state index in [9.17, 15) is 0 Å². The monoisotopic (exact) mass is 735 g/mol. The highest BCUT2D eigenvalue weighted by Gasteiger charge is 2.36. The van der Waals surface area contributed by atoms with E-state index >= 15 is 0 Å². The summed E-state index contributed by atoms with van der Waals surface area (Å²) >= 11 is 0. The Labute approximate surface area is 289 Å². The van der Waals surface area contributed by atoms with Crippen molar-refractivity contribution in [1.29, 1.82) is 0 Å². The fourth-order valence-electron chi connectivity index (χ4n) is 4.01. The summed E-state index contributed by atoms with van der Waals surface area (Å²) < 4.78 is 48.9. The third kappa shape index (κ3) is 19.6. The molecule has 0 aromatic heterocycles. The smallest absolute Gasteiger partial charge is 0.215 e. The van der Waals surface area contributed by atoms with Crippen LogP contribution in [0.2, 0.25) is 0 Å². The minimum atomic E-state index is -2.82. The van der Waals surface area contributed by atoms with Crippen molar-refractivity contribution in [3.8, 4) is 0 Å². The molecule has 0 atom stereocenters. The van der Waals surface area contributed by atoms with Crippen molar-refractivity contribution in [3.05, 3.63) is 77.0 Å². The quantitative estimate of drug-likeness (QED) is 0.0230. The van der Waals surface area contributed by atoms with Gasteiger partial charge >= 0.3 is 0 Å². The van der Waals surface area contributed by atoms with Gasteiger partial charge in [0.05, 0.1) is 77.2 Å². The summed E-state index contributed by atoms with van der Waals surface area (Å²) in [6, 6.07) is 0. The van der Waals surface area contributed by atoms with Gasteiger partial charge in [0.15, 0.2) is 0 Å². The van der Waals surface area contributed by atoms with Gasteiger partial charge in [-0.1, -0.05) is 39.5 Å². The Morgan fingerprint density at radius 1 is 0.333 bits per heavy atom. The lowest BCUT2D eigenvalue weighted by molar-refractivity contribution is 0.246. The molecular weight excluding hydrogens is 675 g/mol. The summed E-state index contributed by atoms with van der Waals surface area (Å²) in [7, 11) is -8.47. The molecule has 18 heteroatoms. The average Bonchev–Trinajstić information content (AvgIpc) is 3.08. The lowest BCUT2D eigenvalue weighted by Crippen LogP contribution is -2.33. The van der Waals surface area contributed by atoms with Crippen LogP contribution >= 0.6 is 22.5 Å². The van der Waals surface area contributed by atoms with Crippen LogP contribution < -0.4 is 30.5 Å². The predicted molar refractivity (Wildman–Crippen MR) is 201 cm³/mol. The fraction of sp³-hybridized carbons (Fsp3) is 0.600. The average molecular weight is 736 g/mol. The van der Waals surface area contributed by atoms with Crippen molar-refractivity contribution in [2.45, 2.75) is 38.5 Å². The molecule has 48 heavy (non-hydrogen) atoms. The molecule has 1 aliphatic rings. The van der Waals surface area contributed by atoms with E-state index in [2.05, 4.69) is 70.0 Å². The molecule has 0 unspecified atom stereocenters. The molecule has 0 amide bonds. The van der Waals surface area contributed by atoms with Gasteiger partial charge in [-0.05, 0) is 38.5 Å². The number of ether oxygens (including phenoxy) is 6. The van der Waals surface area contributed by atoms with Crippen molar-refractivity contribution < 1.29 is 28.4 Å². The summed E-state index contributed by atoms with van der Waals surface area (Å²) in [5.41, 5.74) is 0. The number of nitrogens with one attached hydrogen (secondary N) is 6. The minimum absolute atomic E-state index is 0.515. The molecule has 0 aliphatic carbocycles. The first-order chi connectivity index (χ1) is 23.5. The first-order valence-electron chi connectivity index (χ1n) is 16.3. The van der Waals surface area contributed by atoms with Crippen LogP contribution in [0.3, 0.4) is 0 Å². The van der Waals surface area contributed by atoms with Crippen molar-refractivity contribution in [2.24, 2.45) is 13.5 Å². The Bertz CT molecular complexity index is 894. The van der Waals surface area contributed by atoms with Crippen molar-refractivity contribution in [2.75, 3.05) is 78.9 Å². The molecule has 1 aliphatic heterocycles. The second-order valence-electron chi connectivity index (χ2n) is 9.87. The summed E-state index contributed by atoms with van der Waals surface area (Å²) in [4.78, 5) is 0. The Kier molecular flexibility index (Phi) is 26.0. The van der Waals surface area contributed by atoms with Gasteiger partial charge in [0.2, 0.25) is 22.5 Å². The standard InChI is InChI=1S/C30H60N9O6P3/c1-7-40-25-13-19-31-46(32-20-14-26-41-8-2)37-47(33-21-15-27-42-9-3,34-22-16-28-43-10-4)39-48(38-46,35-23-17-29-44-11-5)36-24-18-30-45-12-6/h7-12,31-36H,1-6,13-30H2. The van der Waals surface area contributed by atoms with Gasteiger partial charge in [-0.15, -0.1) is 0 Å². The minimum Gasteiger partial charge on any atom is -0.502 e. The highest BCUT2D eigenvalue weighted by molar-refractivity contribution is 7.83. The normalized spacial score (nSPS) is 15.2. The van der Waals surface area contributed by atoms with E-state index < -0.39 is 22.5 Å². The zero-order valence-electron chi connectivity index (χ0n) is 28.6. The van der Waals surface area contributed by atoms with Crippen LogP contribution in [0.4, 0.5) is 0 Å². The maximum atomic E-state index is 5.50. The van der Waals surface area contributed by atoms with Gasteiger partial charge in [-0.2, -0.15) is 13.5 Å². The maximum Gasteiger partial charge on any atom is 0.215 e. The van der Waals surface area contributed by atoms with E-state index in [0.717, 1.165) is 38.5 Å². The third-order valence-electron chi connectivity index (χ3n) is 6.11. The van der Waals surface area contributed by atoms with Crippen molar-refractivity contribution >= 4 is 22.5 Å². The van der Waals surface area contributed by atoms with Gasteiger partial charge in [-0.3, -0.25) is 30.5 Å². The molecule has 15 nitrogen and oxygen atoms in total. The molecule has 0 radical (unpaired) electrons. The summed E-state index contributed by atoms with van der Waals surface area (Å²) in [6.45, 7) is 28.6. The second kappa shape index (κ2) is 28.5. The van der Waals surface area contributed by atoms with Crippen LogP contribution in [-0.2, 0) is 28.4 Å². The number of hydrogen-bond acceptors (Lipinski definition) is 15. The van der Waals surface area contributed by atoms with Crippen molar-refractivity contribution in [3.63, 3.8) is 0 Å². The van der Waals surface area contributed by atoms with Crippen LogP contribution in [-0.4, -0.2) is 78.9 Å². The molecule has 0 aromatic carbocycles. The lowest BCUT2D eigenvalue weighted by Gasteiger charge is -2.38. The van der Waals surface area contributed by atoms with Crippen LogP contribution in [0.15, 0.2) is 90.6 Å². The van der Waals surface area contributed by atoms with Crippen LogP contribution in [0.1, 0.15) is 38.5 Å². The molecule has 0 spiro atoms. The number of rotatable bonds is 36. The molecule has 276 valence electrons. The molecule has 1 rings (SSSR count). The van der Waals surface area contributed by atoms with Crippen LogP contribution in [0.5, 0.6) is 0 Å². The SMILES string of the molecule is C=COCCCNP1(NCCCOC=C)=NP(NCCCOC=C)(NCCCOC=C)=NP(NCCCOC=C)(NCCCOC=C)=N1. The highest BCUT2D eigenvalue weighted by Crippen LogP contribution is 2.70.